The van der Waals surface area contributed by atoms with Crippen molar-refractivity contribution in [3.63, 3.8) is 0 Å². The summed E-state index contributed by atoms with van der Waals surface area (Å²) < 4.78 is 12.9. The highest BCUT2D eigenvalue weighted by atomic mass is 32.1. The number of rotatable bonds is 3. The number of thiocarbonyl (C=S) groups is 1. The SMILES string of the molecule is CN(C)[C@H]1CCCCC1NC(=S)Nc1ccc(F)cc1. The molecule has 0 bridgehead atoms. The van der Waals surface area contributed by atoms with Gasteiger partial charge in [-0.1, -0.05) is 12.8 Å². The molecular weight excluding hydrogens is 273 g/mol. The van der Waals surface area contributed by atoms with Gasteiger partial charge in [0, 0.05) is 17.8 Å². The summed E-state index contributed by atoms with van der Waals surface area (Å²) in [5, 5.41) is 7.12. The third-order valence-corrected chi connectivity index (χ3v) is 4.03. The number of anilines is 1. The Morgan fingerprint density at radius 3 is 2.50 bits per heavy atom. The predicted molar refractivity (Wildman–Crippen MR) is 85.5 cm³/mol. The Morgan fingerprint density at radius 1 is 1.20 bits per heavy atom. The lowest BCUT2D eigenvalue weighted by molar-refractivity contribution is 0.190. The first kappa shape index (κ1) is 15.2. The second kappa shape index (κ2) is 6.99. The Morgan fingerprint density at radius 2 is 1.85 bits per heavy atom. The molecule has 1 aliphatic carbocycles. The number of benzene rings is 1. The largest absolute Gasteiger partial charge is 0.358 e. The first-order valence-electron chi connectivity index (χ1n) is 7.06. The topological polar surface area (TPSA) is 27.3 Å². The molecule has 1 fully saturated rings. The lowest BCUT2D eigenvalue weighted by Gasteiger charge is -2.37. The molecule has 1 saturated carbocycles. The molecule has 20 heavy (non-hydrogen) atoms. The number of hydrogen-bond donors (Lipinski definition) is 2. The standard InChI is InChI=1S/C15H22FN3S/c1-19(2)14-6-4-3-5-13(14)18-15(20)17-12-9-7-11(16)8-10-12/h7-10,13-14H,3-6H2,1-2H3,(H2,17,18,20)/t13?,14-/m0/s1. The molecule has 0 spiro atoms. The van der Waals surface area contributed by atoms with E-state index in [1.165, 1.54) is 31.4 Å². The smallest absolute Gasteiger partial charge is 0.171 e. The van der Waals surface area contributed by atoms with Crippen LogP contribution in [0.25, 0.3) is 0 Å². The highest BCUT2D eigenvalue weighted by molar-refractivity contribution is 7.80. The summed E-state index contributed by atoms with van der Waals surface area (Å²) in [5.41, 5.74) is 0.807. The molecule has 2 atom stereocenters. The van der Waals surface area contributed by atoms with Crippen LogP contribution in [0.5, 0.6) is 0 Å². The number of nitrogens with zero attached hydrogens (tertiary/aromatic N) is 1. The summed E-state index contributed by atoms with van der Waals surface area (Å²) in [6.07, 6.45) is 4.85. The van der Waals surface area contributed by atoms with Crippen molar-refractivity contribution >= 4 is 23.0 Å². The van der Waals surface area contributed by atoms with Gasteiger partial charge < -0.3 is 15.5 Å². The highest BCUT2D eigenvalue weighted by Gasteiger charge is 2.26. The van der Waals surface area contributed by atoms with Crippen molar-refractivity contribution in [1.29, 1.82) is 0 Å². The van der Waals surface area contributed by atoms with E-state index in [0.717, 1.165) is 12.1 Å². The molecule has 0 aromatic heterocycles. The van der Waals surface area contributed by atoms with Gasteiger partial charge in [0.15, 0.2) is 5.11 Å². The molecule has 110 valence electrons. The van der Waals surface area contributed by atoms with Crippen molar-refractivity contribution in [2.75, 3.05) is 19.4 Å². The van der Waals surface area contributed by atoms with Crippen molar-refractivity contribution in [3.05, 3.63) is 30.1 Å². The van der Waals surface area contributed by atoms with Gasteiger partial charge in [-0.25, -0.2) is 4.39 Å². The highest BCUT2D eigenvalue weighted by Crippen LogP contribution is 2.21. The van der Waals surface area contributed by atoms with Crippen molar-refractivity contribution in [1.82, 2.24) is 10.2 Å². The van der Waals surface area contributed by atoms with Gasteiger partial charge in [0.2, 0.25) is 0 Å². The van der Waals surface area contributed by atoms with Gasteiger partial charge in [-0.3, -0.25) is 0 Å². The second-order valence-corrected chi connectivity index (χ2v) is 5.94. The number of halogens is 1. The molecule has 1 aromatic carbocycles. The van der Waals surface area contributed by atoms with E-state index < -0.39 is 0 Å². The Bertz CT molecular complexity index is 447. The monoisotopic (exact) mass is 295 g/mol. The molecule has 2 N–H and O–H groups in total. The van der Waals surface area contributed by atoms with E-state index >= 15 is 0 Å². The molecule has 5 heteroatoms. The molecule has 2 rings (SSSR count). The minimum atomic E-state index is -0.241. The lowest BCUT2D eigenvalue weighted by Crippen LogP contribution is -2.52. The number of hydrogen-bond acceptors (Lipinski definition) is 2. The maximum Gasteiger partial charge on any atom is 0.171 e. The molecular formula is C15H22FN3S. The summed E-state index contributed by atoms with van der Waals surface area (Å²) >= 11 is 5.35. The molecule has 0 saturated heterocycles. The Labute approximate surface area is 125 Å². The summed E-state index contributed by atoms with van der Waals surface area (Å²) in [7, 11) is 4.22. The molecule has 1 unspecified atom stereocenters. The summed E-state index contributed by atoms with van der Waals surface area (Å²) in [6, 6.07) is 7.11. The van der Waals surface area contributed by atoms with E-state index in [4.69, 9.17) is 12.2 Å². The fraction of sp³-hybridized carbons (Fsp3) is 0.533. The van der Waals surface area contributed by atoms with Crippen LogP contribution in [0.1, 0.15) is 25.7 Å². The van der Waals surface area contributed by atoms with Gasteiger partial charge in [-0.2, -0.15) is 0 Å². The van der Waals surface area contributed by atoms with Gasteiger partial charge in [0.1, 0.15) is 5.82 Å². The zero-order valence-electron chi connectivity index (χ0n) is 12.0. The third-order valence-electron chi connectivity index (χ3n) is 3.81. The van der Waals surface area contributed by atoms with Gasteiger partial charge >= 0.3 is 0 Å². The van der Waals surface area contributed by atoms with Crippen LogP contribution in [0, 0.1) is 5.82 Å². The maximum absolute atomic E-state index is 12.9. The zero-order valence-corrected chi connectivity index (χ0v) is 12.8. The van der Waals surface area contributed by atoms with E-state index in [-0.39, 0.29) is 5.82 Å². The van der Waals surface area contributed by atoms with Gasteiger partial charge in [-0.05, 0) is 63.4 Å². The molecule has 1 aliphatic rings. The van der Waals surface area contributed by atoms with Crippen LogP contribution in [0.15, 0.2) is 24.3 Å². The zero-order chi connectivity index (χ0) is 14.5. The molecule has 0 amide bonds. The Hall–Kier alpha value is -1.20. The van der Waals surface area contributed by atoms with Crippen LogP contribution < -0.4 is 10.6 Å². The molecule has 3 nitrogen and oxygen atoms in total. The lowest BCUT2D eigenvalue weighted by atomic mass is 9.90. The normalized spacial score (nSPS) is 22.6. The molecule has 0 aliphatic heterocycles. The molecule has 1 aromatic rings. The van der Waals surface area contributed by atoms with Gasteiger partial charge in [-0.15, -0.1) is 0 Å². The van der Waals surface area contributed by atoms with E-state index in [1.54, 1.807) is 12.1 Å². The van der Waals surface area contributed by atoms with E-state index in [0.29, 0.717) is 17.2 Å². The van der Waals surface area contributed by atoms with Gasteiger partial charge in [0.05, 0.1) is 0 Å². The average Bonchev–Trinajstić information content (AvgIpc) is 2.41. The van der Waals surface area contributed by atoms with Crippen molar-refractivity contribution in [2.24, 2.45) is 0 Å². The fourth-order valence-electron chi connectivity index (χ4n) is 2.77. The fourth-order valence-corrected chi connectivity index (χ4v) is 3.04. The van der Waals surface area contributed by atoms with Gasteiger partial charge in [0.25, 0.3) is 0 Å². The molecule has 0 heterocycles. The van der Waals surface area contributed by atoms with Crippen LogP contribution in [0.4, 0.5) is 10.1 Å². The van der Waals surface area contributed by atoms with Crippen LogP contribution in [0.2, 0.25) is 0 Å². The predicted octanol–water partition coefficient (Wildman–Crippen LogP) is 2.98. The Kier molecular flexibility index (Phi) is 5.31. The van der Waals surface area contributed by atoms with Crippen molar-refractivity contribution in [3.8, 4) is 0 Å². The number of nitrogens with one attached hydrogen (secondary N) is 2. The quantitative estimate of drug-likeness (QED) is 0.838. The molecule has 0 radical (unpaired) electrons. The first-order chi connectivity index (χ1) is 9.56. The van der Waals surface area contributed by atoms with Crippen LogP contribution >= 0.6 is 12.2 Å². The van der Waals surface area contributed by atoms with Crippen LogP contribution in [-0.2, 0) is 0 Å². The van der Waals surface area contributed by atoms with E-state index in [9.17, 15) is 4.39 Å². The summed E-state index contributed by atoms with van der Waals surface area (Å²) in [6.45, 7) is 0. The Balaban J connectivity index is 1.91. The number of likely N-dealkylation sites (N-methyl/N-ethyl adjacent to an activating group) is 1. The minimum absolute atomic E-state index is 0.241. The van der Waals surface area contributed by atoms with Crippen molar-refractivity contribution in [2.45, 2.75) is 37.8 Å². The third kappa shape index (κ3) is 4.15. The average molecular weight is 295 g/mol. The van der Waals surface area contributed by atoms with Crippen LogP contribution in [0.3, 0.4) is 0 Å². The summed E-state index contributed by atoms with van der Waals surface area (Å²) in [4.78, 5) is 2.26. The van der Waals surface area contributed by atoms with Crippen LogP contribution in [-0.4, -0.2) is 36.2 Å². The van der Waals surface area contributed by atoms with E-state index in [1.807, 2.05) is 0 Å². The van der Waals surface area contributed by atoms with Crippen molar-refractivity contribution < 1.29 is 4.39 Å². The first-order valence-corrected chi connectivity index (χ1v) is 7.46. The minimum Gasteiger partial charge on any atom is -0.358 e. The maximum atomic E-state index is 12.9. The van der Waals surface area contributed by atoms with E-state index in [2.05, 4.69) is 29.6 Å². The summed E-state index contributed by atoms with van der Waals surface area (Å²) in [5.74, 6) is -0.241. The second-order valence-electron chi connectivity index (χ2n) is 5.53.